The molecule has 26 heavy (non-hydrogen) atoms. The van der Waals surface area contributed by atoms with Gasteiger partial charge in [0.1, 0.15) is 5.75 Å². The number of anilines is 1. The molecule has 3 aromatic rings. The maximum absolute atomic E-state index is 12.2. The van der Waals surface area contributed by atoms with Gasteiger partial charge in [0.05, 0.1) is 18.4 Å². The molecule has 0 unspecified atom stereocenters. The summed E-state index contributed by atoms with van der Waals surface area (Å²) in [6.45, 7) is 3.99. The van der Waals surface area contributed by atoms with Crippen molar-refractivity contribution in [3.8, 4) is 17.2 Å². The fourth-order valence-electron chi connectivity index (χ4n) is 2.40. The Balaban J connectivity index is 1.63. The van der Waals surface area contributed by atoms with Crippen molar-refractivity contribution in [3.63, 3.8) is 0 Å². The Bertz CT molecular complexity index is 924. The molecular weight excluding hydrogens is 350 g/mol. The minimum atomic E-state index is -0.124. The Labute approximate surface area is 156 Å². The number of aromatic nitrogens is 2. The summed E-state index contributed by atoms with van der Waals surface area (Å²) in [5.41, 5.74) is 3.72. The molecule has 7 heteroatoms. The summed E-state index contributed by atoms with van der Waals surface area (Å²) in [6.07, 6.45) is 0. The minimum Gasteiger partial charge on any atom is -0.496 e. The lowest BCUT2D eigenvalue weighted by Gasteiger charge is -2.09. The molecule has 134 valence electrons. The predicted molar refractivity (Wildman–Crippen MR) is 102 cm³/mol. The van der Waals surface area contributed by atoms with E-state index in [2.05, 4.69) is 15.5 Å². The molecule has 1 N–H and O–H groups in total. The van der Waals surface area contributed by atoms with Crippen molar-refractivity contribution in [1.82, 2.24) is 10.2 Å². The summed E-state index contributed by atoms with van der Waals surface area (Å²) in [4.78, 5) is 12.2. The first kappa shape index (κ1) is 18.0. The third-order valence-electron chi connectivity index (χ3n) is 3.95. The zero-order valence-corrected chi connectivity index (χ0v) is 15.6. The monoisotopic (exact) mass is 369 g/mol. The number of hydrogen-bond donors (Lipinski definition) is 1. The number of ether oxygens (including phenoxy) is 1. The molecule has 2 aromatic carbocycles. The van der Waals surface area contributed by atoms with Crippen molar-refractivity contribution in [3.05, 3.63) is 53.6 Å². The molecule has 6 nitrogen and oxygen atoms in total. The number of aryl methyl sites for hydroxylation is 1. The number of hydrogen-bond acceptors (Lipinski definition) is 6. The molecule has 1 heterocycles. The van der Waals surface area contributed by atoms with E-state index in [-0.39, 0.29) is 11.7 Å². The van der Waals surface area contributed by atoms with Crippen molar-refractivity contribution in [2.75, 3.05) is 18.2 Å². The second-order valence-electron chi connectivity index (χ2n) is 5.66. The molecule has 3 rings (SSSR count). The van der Waals surface area contributed by atoms with Gasteiger partial charge in [-0.2, -0.15) is 0 Å². The summed E-state index contributed by atoms with van der Waals surface area (Å²) < 4.78 is 10.9. The van der Waals surface area contributed by atoms with Gasteiger partial charge in [-0.15, -0.1) is 10.2 Å². The van der Waals surface area contributed by atoms with Crippen molar-refractivity contribution in [2.45, 2.75) is 19.1 Å². The molecule has 1 amide bonds. The lowest BCUT2D eigenvalue weighted by Crippen LogP contribution is -2.15. The first-order valence-electron chi connectivity index (χ1n) is 8.04. The van der Waals surface area contributed by atoms with Crippen molar-refractivity contribution < 1.29 is 13.9 Å². The standard InChI is InChI=1S/C19H19N3O3S/c1-12-7-6-9-15(13(12)2)20-17(23)11-26-19-22-21-18(25-19)14-8-4-5-10-16(14)24-3/h4-10H,11H2,1-3H3,(H,20,23). The number of amides is 1. The summed E-state index contributed by atoms with van der Waals surface area (Å²) >= 11 is 1.19. The van der Waals surface area contributed by atoms with Crippen LogP contribution in [0.2, 0.25) is 0 Å². The number of nitrogens with zero attached hydrogens (tertiary/aromatic N) is 2. The molecule has 0 aliphatic rings. The maximum atomic E-state index is 12.2. The minimum absolute atomic E-state index is 0.124. The maximum Gasteiger partial charge on any atom is 0.277 e. The van der Waals surface area contributed by atoms with Gasteiger partial charge in [0.2, 0.25) is 5.91 Å². The van der Waals surface area contributed by atoms with Crippen LogP contribution in [0.25, 0.3) is 11.5 Å². The Morgan fingerprint density at radius 3 is 2.77 bits per heavy atom. The van der Waals surface area contributed by atoms with Crippen LogP contribution in [0.3, 0.4) is 0 Å². The summed E-state index contributed by atoms with van der Waals surface area (Å²) in [5, 5.41) is 11.3. The normalized spacial score (nSPS) is 10.6. The Morgan fingerprint density at radius 1 is 1.15 bits per heavy atom. The van der Waals surface area contributed by atoms with Gasteiger partial charge in [-0.3, -0.25) is 4.79 Å². The van der Waals surface area contributed by atoms with Crippen LogP contribution in [-0.2, 0) is 4.79 Å². The number of carbonyl (C=O) groups excluding carboxylic acids is 1. The molecule has 1 aromatic heterocycles. The van der Waals surface area contributed by atoms with E-state index in [0.29, 0.717) is 22.4 Å². The zero-order chi connectivity index (χ0) is 18.5. The number of thioether (sulfide) groups is 1. The molecule has 0 saturated carbocycles. The van der Waals surface area contributed by atoms with Crippen LogP contribution in [-0.4, -0.2) is 29.0 Å². The van der Waals surface area contributed by atoms with E-state index in [1.165, 1.54) is 11.8 Å². The first-order valence-corrected chi connectivity index (χ1v) is 9.03. The first-order chi connectivity index (χ1) is 12.6. The number of rotatable bonds is 6. The molecule has 0 aliphatic carbocycles. The summed E-state index contributed by atoms with van der Waals surface area (Å²) in [5.74, 6) is 1.07. The highest BCUT2D eigenvalue weighted by molar-refractivity contribution is 7.99. The van der Waals surface area contributed by atoms with Crippen LogP contribution in [0.1, 0.15) is 11.1 Å². The number of nitrogens with one attached hydrogen (secondary N) is 1. The highest BCUT2D eigenvalue weighted by atomic mass is 32.2. The van der Waals surface area contributed by atoms with Crippen molar-refractivity contribution in [1.29, 1.82) is 0 Å². The number of carbonyl (C=O) groups is 1. The molecule has 0 saturated heterocycles. The molecule has 0 aliphatic heterocycles. The van der Waals surface area contributed by atoms with Gasteiger partial charge < -0.3 is 14.5 Å². The van der Waals surface area contributed by atoms with Gasteiger partial charge >= 0.3 is 0 Å². The summed E-state index contributed by atoms with van der Waals surface area (Å²) in [7, 11) is 1.59. The number of methoxy groups -OCH3 is 1. The SMILES string of the molecule is COc1ccccc1-c1nnc(SCC(=O)Nc2cccc(C)c2C)o1. The van der Waals surface area contributed by atoms with Crippen LogP contribution < -0.4 is 10.1 Å². The Hall–Kier alpha value is -2.80. The van der Waals surface area contributed by atoms with Crippen LogP contribution in [0.15, 0.2) is 52.1 Å². The van der Waals surface area contributed by atoms with Gasteiger partial charge in [0, 0.05) is 5.69 Å². The van der Waals surface area contributed by atoms with Gasteiger partial charge in [0.25, 0.3) is 11.1 Å². The van der Waals surface area contributed by atoms with Gasteiger partial charge in [-0.05, 0) is 43.2 Å². The largest absolute Gasteiger partial charge is 0.496 e. The predicted octanol–water partition coefficient (Wildman–Crippen LogP) is 4.09. The molecule has 0 atom stereocenters. The van der Waals surface area contributed by atoms with Crippen LogP contribution in [0, 0.1) is 13.8 Å². The van der Waals surface area contributed by atoms with E-state index < -0.39 is 0 Å². The number of para-hydroxylation sites is 1. The van der Waals surface area contributed by atoms with E-state index in [1.807, 2.05) is 56.3 Å². The van der Waals surface area contributed by atoms with E-state index in [0.717, 1.165) is 16.8 Å². The molecule has 0 radical (unpaired) electrons. The van der Waals surface area contributed by atoms with Gasteiger partial charge in [-0.1, -0.05) is 36.0 Å². The Kier molecular flexibility index (Phi) is 5.58. The molecule has 0 fully saturated rings. The fraction of sp³-hybridized carbons (Fsp3) is 0.211. The number of benzene rings is 2. The second-order valence-corrected chi connectivity index (χ2v) is 6.58. The Morgan fingerprint density at radius 2 is 1.96 bits per heavy atom. The van der Waals surface area contributed by atoms with E-state index in [1.54, 1.807) is 7.11 Å². The topological polar surface area (TPSA) is 77.2 Å². The van der Waals surface area contributed by atoms with E-state index in [4.69, 9.17) is 9.15 Å². The molecule has 0 bridgehead atoms. The average Bonchev–Trinajstić information content (AvgIpc) is 3.12. The third kappa shape index (κ3) is 4.05. The average molecular weight is 369 g/mol. The highest BCUT2D eigenvalue weighted by Gasteiger charge is 2.14. The zero-order valence-electron chi connectivity index (χ0n) is 14.8. The fourth-order valence-corrected chi connectivity index (χ4v) is 2.96. The van der Waals surface area contributed by atoms with Gasteiger partial charge in [-0.25, -0.2) is 0 Å². The van der Waals surface area contributed by atoms with Crippen LogP contribution in [0.5, 0.6) is 5.75 Å². The van der Waals surface area contributed by atoms with E-state index >= 15 is 0 Å². The highest BCUT2D eigenvalue weighted by Crippen LogP contribution is 2.30. The van der Waals surface area contributed by atoms with Gasteiger partial charge in [0.15, 0.2) is 0 Å². The smallest absolute Gasteiger partial charge is 0.277 e. The lowest BCUT2D eigenvalue weighted by atomic mass is 10.1. The summed E-state index contributed by atoms with van der Waals surface area (Å²) in [6, 6.07) is 13.2. The molecule has 0 spiro atoms. The van der Waals surface area contributed by atoms with E-state index in [9.17, 15) is 4.79 Å². The quantitative estimate of drug-likeness (QED) is 0.660. The van der Waals surface area contributed by atoms with Crippen molar-refractivity contribution in [2.24, 2.45) is 0 Å². The second kappa shape index (κ2) is 8.05. The van der Waals surface area contributed by atoms with Crippen LogP contribution >= 0.6 is 11.8 Å². The molecular formula is C19H19N3O3S. The lowest BCUT2D eigenvalue weighted by molar-refractivity contribution is -0.113. The van der Waals surface area contributed by atoms with Crippen molar-refractivity contribution >= 4 is 23.4 Å². The third-order valence-corrected chi connectivity index (χ3v) is 4.77. The van der Waals surface area contributed by atoms with Crippen LogP contribution in [0.4, 0.5) is 5.69 Å².